The molecule has 5 nitrogen and oxygen atoms in total. The van der Waals surface area contributed by atoms with Gasteiger partial charge < -0.3 is 15.3 Å². The summed E-state index contributed by atoms with van der Waals surface area (Å²) in [6.07, 6.45) is 3.02. The maximum absolute atomic E-state index is 12.5. The van der Waals surface area contributed by atoms with Crippen LogP contribution in [0, 0.1) is 0 Å². The van der Waals surface area contributed by atoms with Crippen molar-refractivity contribution in [2.75, 3.05) is 31.5 Å². The highest BCUT2D eigenvalue weighted by Crippen LogP contribution is 2.20. The van der Waals surface area contributed by atoms with Crippen molar-refractivity contribution in [1.29, 1.82) is 0 Å². The fourth-order valence-electron chi connectivity index (χ4n) is 3.22. The van der Waals surface area contributed by atoms with Crippen molar-refractivity contribution >= 4 is 11.8 Å². The van der Waals surface area contributed by atoms with Crippen LogP contribution < -0.4 is 5.32 Å². The molecule has 0 fully saturated rings. The average Bonchev–Trinajstić information content (AvgIpc) is 2.62. The summed E-state index contributed by atoms with van der Waals surface area (Å²) in [5.41, 5.74) is 2.33. The van der Waals surface area contributed by atoms with Crippen molar-refractivity contribution < 1.29 is 18.7 Å². The van der Waals surface area contributed by atoms with Crippen LogP contribution in [0.15, 0.2) is 12.1 Å². The highest BCUT2D eigenvalue weighted by atomic mass is 19.3. The van der Waals surface area contributed by atoms with Crippen LogP contribution in [0.3, 0.4) is 0 Å². The lowest BCUT2D eigenvalue weighted by Gasteiger charge is -2.22. The number of carboxylic acid groups (broad SMARTS) is 1. The first-order valence-electron chi connectivity index (χ1n) is 9.49. The van der Waals surface area contributed by atoms with Crippen LogP contribution in [0.25, 0.3) is 0 Å². The molecule has 7 heteroatoms. The lowest BCUT2D eigenvalue weighted by atomic mass is 10.1. The zero-order valence-corrected chi connectivity index (χ0v) is 15.2. The highest BCUT2D eigenvalue weighted by molar-refractivity contribution is 5.66. The summed E-state index contributed by atoms with van der Waals surface area (Å²) in [5.74, 6) is 0.159. The zero-order valence-electron chi connectivity index (χ0n) is 15.2. The molecule has 0 amide bonds. The predicted octanol–water partition coefficient (Wildman–Crippen LogP) is 3.58. The maximum Gasteiger partial charge on any atom is 0.303 e. The molecule has 1 aromatic heterocycles. The number of nitrogens with zero attached hydrogens (tertiary/aromatic N) is 2. The van der Waals surface area contributed by atoms with Crippen molar-refractivity contribution in [3.05, 3.63) is 23.4 Å². The molecule has 146 valence electrons. The number of aliphatic carboxylic acids is 1. The Hall–Kier alpha value is -1.76. The minimum absolute atomic E-state index is 0.0806. The van der Waals surface area contributed by atoms with E-state index < -0.39 is 12.4 Å². The molecule has 0 atom stereocenters. The SMILES string of the molecule is O=C(O)CCCN(CCCCc1ccc2c(n1)NCCC2)CCC(F)F. The van der Waals surface area contributed by atoms with Crippen LogP contribution >= 0.6 is 0 Å². The van der Waals surface area contributed by atoms with Gasteiger partial charge in [0.05, 0.1) is 0 Å². The molecule has 0 spiro atoms. The van der Waals surface area contributed by atoms with E-state index in [-0.39, 0.29) is 12.8 Å². The molecule has 0 unspecified atom stereocenters. The minimum Gasteiger partial charge on any atom is -0.481 e. The first kappa shape index (κ1) is 20.6. The Labute approximate surface area is 153 Å². The Morgan fingerprint density at radius 2 is 2.04 bits per heavy atom. The molecule has 1 aliphatic rings. The van der Waals surface area contributed by atoms with Gasteiger partial charge in [0, 0.05) is 31.6 Å². The second-order valence-corrected chi connectivity index (χ2v) is 6.82. The number of hydrogen-bond acceptors (Lipinski definition) is 4. The molecule has 26 heavy (non-hydrogen) atoms. The molecular formula is C19H29F2N3O2. The van der Waals surface area contributed by atoms with E-state index >= 15 is 0 Å². The number of aromatic nitrogens is 1. The number of halogens is 2. The van der Waals surface area contributed by atoms with Crippen molar-refractivity contribution in [2.24, 2.45) is 0 Å². The number of fused-ring (bicyclic) bond motifs is 1. The van der Waals surface area contributed by atoms with E-state index in [0.29, 0.717) is 19.5 Å². The number of alkyl halides is 2. The van der Waals surface area contributed by atoms with E-state index in [1.165, 1.54) is 5.56 Å². The predicted molar refractivity (Wildman–Crippen MR) is 97.9 cm³/mol. The van der Waals surface area contributed by atoms with Crippen LogP contribution in [-0.4, -0.2) is 53.6 Å². The minimum atomic E-state index is -2.32. The van der Waals surface area contributed by atoms with Gasteiger partial charge >= 0.3 is 5.97 Å². The number of unbranched alkanes of at least 4 members (excludes halogenated alkanes) is 1. The van der Waals surface area contributed by atoms with E-state index in [9.17, 15) is 13.6 Å². The molecule has 2 N–H and O–H groups in total. The Kier molecular flexibility index (Phi) is 8.74. The summed E-state index contributed by atoms with van der Waals surface area (Å²) in [6, 6.07) is 4.22. The van der Waals surface area contributed by atoms with Crippen molar-refractivity contribution in [3.63, 3.8) is 0 Å². The molecule has 0 aromatic carbocycles. The first-order chi connectivity index (χ1) is 12.5. The number of carboxylic acids is 1. The van der Waals surface area contributed by atoms with Gasteiger partial charge in [0.25, 0.3) is 0 Å². The molecule has 0 saturated heterocycles. The molecule has 0 radical (unpaired) electrons. The van der Waals surface area contributed by atoms with Crippen LogP contribution in [0.5, 0.6) is 0 Å². The standard InChI is InChI=1S/C19H29F2N3O2/c20-17(21)10-14-24(13-4-7-18(25)26)12-2-1-6-16-9-8-15-5-3-11-22-19(15)23-16/h8-9,17H,1-7,10-14H2,(H,22,23)(H,25,26). The zero-order chi connectivity index (χ0) is 18.8. The Balaban J connectivity index is 1.72. The third-order valence-electron chi connectivity index (χ3n) is 4.64. The maximum atomic E-state index is 12.5. The monoisotopic (exact) mass is 369 g/mol. The van der Waals surface area contributed by atoms with Gasteiger partial charge in [0.1, 0.15) is 5.82 Å². The fourth-order valence-corrected chi connectivity index (χ4v) is 3.22. The fraction of sp³-hybridized carbons (Fsp3) is 0.684. The molecule has 0 bridgehead atoms. The second-order valence-electron chi connectivity index (χ2n) is 6.82. The summed E-state index contributed by atoms with van der Waals surface area (Å²) in [7, 11) is 0. The number of pyridine rings is 1. The van der Waals surface area contributed by atoms with Crippen molar-refractivity contribution in [2.45, 2.75) is 57.8 Å². The number of carbonyl (C=O) groups is 1. The topological polar surface area (TPSA) is 65.5 Å². The van der Waals surface area contributed by atoms with Gasteiger partial charge in [-0.15, -0.1) is 0 Å². The van der Waals surface area contributed by atoms with Crippen molar-refractivity contribution in [3.8, 4) is 0 Å². The normalized spacial score (nSPS) is 13.7. The second kappa shape index (κ2) is 11.1. The third kappa shape index (κ3) is 7.64. The Morgan fingerprint density at radius 3 is 2.81 bits per heavy atom. The molecular weight excluding hydrogens is 340 g/mol. The summed E-state index contributed by atoms with van der Waals surface area (Å²) >= 11 is 0. The molecule has 0 aliphatic carbocycles. The number of nitrogens with one attached hydrogen (secondary N) is 1. The summed E-state index contributed by atoms with van der Waals surface area (Å²) in [5, 5.41) is 12.1. The smallest absolute Gasteiger partial charge is 0.303 e. The summed E-state index contributed by atoms with van der Waals surface area (Å²) < 4.78 is 24.9. The van der Waals surface area contributed by atoms with Crippen molar-refractivity contribution in [1.82, 2.24) is 9.88 Å². The lowest BCUT2D eigenvalue weighted by Crippen LogP contribution is -2.29. The average molecular weight is 369 g/mol. The Bertz CT molecular complexity index is 570. The van der Waals surface area contributed by atoms with Gasteiger partial charge in [-0.1, -0.05) is 6.07 Å². The van der Waals surface area contributed by atoms with Gasteiger partial charge in [-0.2, -0.15) is 0 Å². The van der Waals surface area contributed by atoms with E-state index in [0.717, 1.165) is 56.7 Å². The quantitative estimate of drug-likeness (QED) is 0.551. The molecule has 0 saturated carbocycles. The van der Waals surface area contributed by atoms with E-state index in [1.54, 1.807) is 0 Å². The van der Waals surface area contributed by atoms with Gasteiger partial charge in [-0.05, 0) is 63.2 Å². The molecule has 2 rings (SSSR count). The number of aryl methyl sites for hydroxylation is 2. The van der Waals surface area contributed by atoms with E-state index in [2.05, 4.69) is 22.4 Å². The lowest BCUT2D eigenvalue weighted by molar-refractivity contribution is -0.137. The van der Waals surface area contributed by atoms with E-state index in [4.69, 9.17) is 5.11 Å². The van der Waals surface area contributed by atoms with Crippen LogP contribution in [0.4, 0.5) is 14.6 Å². The van der Waals surface area contributed by atoms with Gasteiger partial charge in [-0.3, -0.25) is 4.79 Å². The first-order valence-corrected chi connectivity index (χ1v) is 9.49. The molecule has 2 heterocycles. The van der Waals surface area contributed by atoms with Crippen LogP contribution in [0.2, 0.25) is 0 Å². The summed E-state index contributed by atoms with van der Waals surface area (Å²) in [4.78, 5) is 17.2. The van der Waals surface area contributed by atoms with Crippen LogP contribution in [0.1, 0.15) is 49.8 Å². The number of anilines is 1. The number of rotatable bonds is 12. The van der Waals surface area contributed by atoms with Gasteiger partial charge in [0.2, 0.25) is 6.43 Å². The molecule has 1 aliphatic heterocycles. The summed E-state index contributed by atoms with van der Waals surface area (Å²) in [6.45, 7) is 2.56. The third-order valence-corrected chi connectivity index (χ3v) is 4.64. The van der Waals surface area contributed by atoms with Gasteiger partial charge in [-0.25, -0.2) is 13.8 Å². The largest absolute Gasteiger partial charge is 0.481 e. The number of hydrogen-bond donors (Lipinski definition) is 2. The van der Waals surface area contributed by atoms with Gasteiger partial charge in [0.15, 0.2) is 0 Å². The van der Waals surface area contributed by atoms with E-state index in [1.807, 2.05) is 4.90 Å². The molecule has 1 aromatic rings. The highest BCUT2D eigenvalue weighted by Gasteiger charge is 2.12. The Morgan fingerprint density at radius 1 is 1.23 bits per heavy atom. The van der Waals surface area contributed by atoms with Crippen LogP contribution in [-0.2, 0) is 17.6 Å².